The van der Waals surface area contributed by atoms with Crippen LogP contribution >= 0.6 is 12.2 Å². The van der Waals surface area contributed by atoms with Gasteiger partial charge in [0.05, 0.1) is 11.1 Å². The lowest BCUT2D eigenvalue weighted by Crippen LogP contribution is -2.25. The van der Waals surface area contributed by atoms with Crippen LogP contribution in [-0.2, 0) is 15.4 Å². The summed E-state index contributed by atoms with van der Waals surface area (Å²) in [5, 5.41) is 7.32. The number of nitrogens with one attached hydrogen (secondary N) is 2. The third kappa shape index (κ3) is 5.85. The first-order valence-electron chi connectivity index (χ1n) is 8.73. The quantitative estimate of drug-likeness (QED) is 0.441. The molecule has 2 aromatic carbocycles. The Labute approximate surface area is 172 Å². The Bertz CT molecular complexity index is 960. The van der Waals surface area contributed by atoms with Crippen LogP contribution in [0, 0.1) is 0 Å². The summed E-state index contributed by atoms with van der Waals surface area (Å²) in [6.07, 6.45) is 1.67. The van der Waals surface area contributed by atoms with E-state index in [0.29, 0.717) is 5.69 Å². The lowest BCUT2D eigenvalue weighted by Gasteiger charge is -2.18. The van der Waals surface area contributed by atoms with Gasteiger partial charge in [-0.1, -0.05) is 51.1 Å². The molecule has 2 aromatic rings. The Morgan fingerprint density at radius 3 is 2.32 bits per heavy atom. The average Bonchev–Trinajstić information content (AvgIpc) is 2.61. The highest BCUT2D eigenvalue weighted by Crippen LogP contribution is 2.21. The Morgan fingerprint density at radius 1 is 1.11 bits per heavy atom. The van der Waals surface area contributed by atoms with Gasteiger partial charge < -0.3 is 5.32 Å². The van der Waals surface area contributed by atoms with E-state index >= 15 is 0 Å². The fourth-order valence-electron chi connectivity index (χ4n) is 2.34. The molecule has 6 nitrogen and oxygen atoms in total. The molecule has 0 heterocycles. The maximum atomic E-state index is 12.2. The summed E-state index contributed by atoms with van der Waals surface area (Å²) in [4.78, 5) is 0.188. The fraction of sp³-hybridized carbons (Fsp3) is 0.300. The Kier molecular flexibility index (Phi) is 6.92. The molecule has 150 valence electrons. The maximum Gasteiger partial charge on any atom is 0.242 e. The van der Waals surface area contributed by atoms with Crippen LogP contribution in [0.4, 0.5) is 5.69 Å². The first-order chi connectivity index (χ1) is 13.0. The lowest BCUT2D eigenvalue weighted by molar-refractivity contribution is 0.521. The van der Waals surface area contributed by atoms with Crippen molar-refractivity contribution in [3.63, 3.8) is 0 Å². The number of sulfonamides is 1. The van der Waals surface area contributed by atoms with Crippen LogP contribution in [0.1, 0.15) is 31.9 Å². The predicted molar refractivity (Wildman–Crippen MR) is 119 cm³/mol. The number of thiocarbonyl (C=S) groups is 1. The molecular weight excluding hydrogens is 392 g/mol. The molecule has 2 rings (SSSR count). The molecule has 0 aromatic heterocycles. The molecule has 0 amide bonds. The summed E-state index contributed by atoms with van der Waals surface area (Å²) in [7, 11) is -0.521. The van der Waals surface area contributed by atoms with E-state index in [1.54, 1.807) is 18.3 Å². The second-order valence-electron chi connectivity index (χ2n) is 7.51. The van der Waals surface area contributed by atoms with E-state index in [4.69, 9.17) is 12.2 Å². The molecule has 2 N–H and O–H groups in total. The summed E-state index contributed by atoms with van der Waals surface area (Å²) in [6.45, 7) is 6.50. The molecular formula is C20H26N4O2S2. The van der Waals surface area contributed by atoms with Crippen molar-refractivity contribution in [2.75, 3.05) is 19.4 Å². The zero-order valence-corrected chi connectivity index (χ0v) is 18.4. The molecule has 0 atom stereocenters. The van der Waals surface area contributed by atoms with Gasteiger partial charge in [-0.3, -0.25) is 5.43 Å². The minimum absolute atomic E-state index is 0.105. The summed E-state index contributed by atoms with van der Waals surface area (Å²) in [5.74, 6) is 0. The van der Waals surface area contributed by atoms with Crippen molar-refractivity contribution in [2.24, 2.45) is 5.10 Å². The minimum Gasteiger partial charge on any atom is -0.331 e. The van der Waals surface area contributed by atoms with Gasteiger partial charge in [-0.2, -0.15) is 5.10 Å². The summed E-state index contributed by atoms with van der Waals surface area (Å²) in [6, 6.07) is 14.6. The molecule has 0 saturated carbocycles. The largest absolute Gasteiger partial charge is 0.331 e. The molecule has 0 fully saturated rings. The topological polar surface area (TPSA) is 73.8 Å². The van der Waals surface area contributed by atoms with Crippen LogP contribution in [0.25, 0.3) is 0 Å². The first-order valence-corrected chi connectivity index (χ1v) is 10.6. The van der Waals surface area contributed by atoms with Crippen LogP contribution in [-0.4, -0.2) is 38.1 Å². The Hall–Kier alpha value is -2.29. The molecule has 0 unspecified atom stereocenters. The van der Waals surface area contributed by atoms with E-state index in [2.05, 4.69) is 48.7 Å². The van der Waals surface area contributed by atoms with Crippen molar-refractivity contribution in [3.8, 4) is 0 Å². The Balaban J connectivity index is 1.99. The number of nitrogens with zero attached hydrogens (tertiary/aromatic N) is 2. The van der Waals surface area contributed by atoms with Gasteiger partial charge in [-0.05, 0) is 47.0 Å². The molecule has 0 aliphatic heterocycles. The van der Waals surface area contributed by atoms with Crippen LogP contribution < -0.4 is 10.7 Å². The second-order valence-corrected chi connectivity index (χ2v) is 10.1. The number of rotatable bonds is 5. The van der Waals surface area contributed by atoms with E-state index < -0.39 is 10.0 Å². The molecule has 0 aliphatic rings. The molecule has 0 radical (unpaired) electrons. The highest BCUT2D eigenvalue weighted by molar-refractivity contribution is 7.89. The van der Waals surface area contributed by atoms with Crippen molar-refractivity contribution < 1.29 is 8.42 Å². The van der Waals surface area contributed by atoms with E-state index in [-0.39, 0.29) is 15.4 Å². The van der Waals surface area contributed by atoms with Crippen molar-refractivity contribution in [2.45, 2.75) is 31.1 Å². The van der Waals surface area contributed by atoms with Gasteiger partial charge in [0.1, 0.15) is 0 Å². The highest BCUT2D eigenvalue weighted by Gasteiger charge is 2.17. The van der Waals surface area contributed by atoms with Crippen molar-refractivity contribution in [1.82, 2.24) is 9.73 Å². The third-order valence-electron chi connectivity index (χ3n) is 4.03. The van der Waals surface area contributed by atoms with Gasteiger partial charge in [-0.15, -0.1) is 0 Å². The zero-order valence-electron chi connectivity index (χ0n) is 16.7. The van der Waals surface area contributed by atoms with E-state index in [1.165, 1.54) is 31.8 Å². The SMILES string of the molecule is CN(C)S(=O)(=O)c1cccc(NC(=S)N/N=C/c2ccc(C(C)(C)C)cc2)c1. The van der Waals surface area contributed by atoms with Gasteiger partial charge in [0.2, 0.25) is 10.0 Å². The van der Waals surface area contributed by atoms with E-state index in [9.17, 15) is 8.42 Å². The highest BCUT2D eigenvalue weighted by atomic mass is 32.2. The van der Waals surface area contributed by atoms with Gasteiger partial charge in [0.25, 0.3) is 0 Å². The predicted octanol–water partition coefficient (Wildman–Crippen LogP) is 3.55. The molecule has 0 aliphatic carbocycles. The maximum absolute atomic E-state index is 12.2. The molecule has 0 bridgehead atoms. The molecule has 28 heavy (non-hydrogen) atoms. The third-order valence-corrected chi connectivity index (χ3v) is 6.03. The van der Waals surface area contributed by atoms with Gasteiger partial charge >= 0.3 is 0 Å². The molecule has 0 spiro atoms. The van der Waals surface area contributed by atoms with E-state index in [1.807, 2.05) is 12.1 Å². The normalized spacial score (nSPS) is 12.4. The van der Waals surface area contributed by atoms with Crippen molar-refractivity contribution in [1.29, 1.82) is 0 Å². The number of hydrogen-bond donors (Lipinski definition) is 2. The van der Waals surface area contributed by atoms with Crippen LogP contribution in [0.15, 0.2) is 58.5 Å². The standard InChI is InChI=1S/C20H26N4O2S2/c1-20(2,3)16-11-9-15(10-12-16)14-21-23-19(27)22-17-7-6-8-18(13-17)28(25,26)24(4)5/h6-14H,1-5H3,(H2,22,23,27)/b21-14+. The van der Waals surface area contributed by atoms with Gasteiger partial charge in [0.15, 0.2) is 5.11 Å². The first kappa shape index (κ1) is 22.0. The minimum atomic E-state index is -3.50. The lowest BCUT2D eigenvalue weighted by atomic mass is 9.87. The number of anilines is 1. The van der Waals surface area contributed by atoms with E-state index in [0.717, 1.165) is 9.87 Å². The van der Waals surface area contributed by atoms with Gasteiger partial charge in [0, 0.05) is 19.8 Å². The smallest absolute Gasteiger partial charge is 0.242 e. The number of hydrogen-bond acceptors (Lipinski definition) is 4. The Morgan fingerprint density at radius 2 is 1.75 bits per heavy atom. The van der Waals surface area contributed by atoms with Crippen LogP contribution in [0.2, 0.25) is 0 Å². The number of hydrazone groups is 1. The summed E-state index contributed by atoms with van der Waals surface area (Å²) in [5.41, 5.74) is 5.60. The van der Waals surface area contributed by atoms with Crippen molar-refractivity contribution in [3.05, 3.63) is 59.7 Å². The molecule has 8 heteroatoms. The monoisotopic (exact) mass is 418 g/mol. The fourth-order valence-corrected chi connectivity index (χ4v) is 3.46. The second kappa shape index (κ2) is 8.81. The summed E-state index contributed by atoms with van der Waals surface area (Å²) >= 11 is 5.21. The molecule has 0 saturated heterocycles. The number of benzene rings is 2. The van der Waals surface area contributed by atoms with Crippen LogP contribution in [0.5, 0.6) is 0 Å². The summed E-state index contributed by atoms with van der Waals surface area (Å²) < 4.78 is 25.6. The van der Waals surface area contributed by atoms with Crippen molar-refractivity contribution >= 4 is 39.3 Å². The van der Waals surface area contributed by atoms with Crippen LogP contribution in [0.3, 0.4) is 0 Å². The van der Waals surface area contributed by atoms with Gasteiger partial charge in [-0.25, -0.2) is 12.7 Å². The zero-order chi connectivity index (χ0) is 20.9. The average molecular weight is 419 g/mol.